The molecule has 2 nitrogen and oxygen atoms in total. The summed E-state index contributed by atoms with van der Waals surface area (Å²) in [6.07, 6.45) is 0.193. The minimum Gasteiger partial charge on any atom is -0.481 e. The van der Waals surface area contributed by atoms with Gasteiger partial charge in [0.1, 0.15) is 0 Å². The molecule has 20 heavy (non-hydrogen) atoms. The molecule has 0 bridgehead atoms. The highest BCUT2D eigenvalue weighted by Gasteiger charge is 2.35. The lowest BCUT2D eigenvalue weighted by molar-refractivity contribution is -0.137. The van der Waals surface area contributed by atoms with Crippen LogP contribution in [0.3, 0.4) is 0 Å². The van der Waals surface area contributed by atoms with Crippen molar-refractivity contribution in [1.29, 1.82) is 0 Å². The Morgan fingerprint density at radius 3 is 2.00 bits per heavy atom. The van der Waals surface area contributed by atoms with Crippen molar-refractivity contribution < 1.29 is 9.90 Å². The molecule has 0 aliphatic rings. The summed E-state index contributed by atoms with van der Waals surface area (Å²) in [5, 5.41) is 10.6. The lowest BCUT2D eigenvalue weighted by Gasteiger charge is -2.32. The third-order valence-corrected chi connectivity index (χ3v) is 8.07. The normalized spacial score (nSPS) is 12.9. The third kappa shape index (κ3) is 3.17. The first-order valence-corrected chi connectivity index (χ1v) is 9.92. The standard InChI is InChI=1S/C17H20O2Si/c1-20(2,15-11-7-4-8-12-15)16(13-17(18)19)14-9-5-3-6-10-14/h3-12,16H,13H2,1-2H3,(H,18,19)/t16-/m1/s1. The quantitative estimate of drug-likeness (QED) is 0.854. The van der Waals surface area contributed by atoms with E-state index in [0.717, 1.165) is 5.56 Å². The first-order valence-electron chi connectivity index (χ1n) is 6.84. The minimum atomic E-state index is -1.89. The molecule has 2 rings (SSSR count). The van der Waals surface area contributed by atoms with Gasteiger partial charge >= 0.3 is 5.97 Å². The summed E-state index contributed by atoms with van der Waals surface area (Å²) < 4.78 is 0. The average Bonchev–Trinajstić information content (AvgIpc) is 2.46. The molecule has 0 spiro atoms. The zero-order valence-electron chi connectivity index (χ0n) is 11.9. The van der Waals surface area contributed by atoms with Crippen molar-refractivity contribution in [3.8, 4) is 0 Å². The first-order chi connectivity index (χ1) is 9.51. The SMILES string of the molecule is C[Si](C)(c1ccccc1)[C@H](CC(=O)O)c1ccccc1. The summed E-state index contributed by atoms with van der Waals surface area (Å²) in [6.45, 7) is 4.51. The molecule has 0 aromatic heterocycles. The fourth-order valence-corrected chi connectivity index (χ4v) is 5.88. The number of carboxylic acids is 1. The van der Waals surface area contributed by atoms with Crippen LogP contribution in [-0.4, -0.2) is 19.1 Å². The number of hydrogen-bond donors (Lipinski definition) is 1. The van der Waals surface area contributed by atoms with Crippen molar-refractivity contribution in [2.45, 2.75) is 25.1 Å². The summed E-state index contributed by atoms with van der Waals surface area (Å²) in [7, 11) is -1.89. The molecular weight excluding hydrogens is 264 g/mol. The second kappa shape index (κ2) is 6.05. The van der Waals surface area contributed by atoms with E-state index in [-0.39, 0.29) is 12.0 Å². The second-order valence-corrected chi connectivity index (χ2v) is 10.4. The van der Waals surface area contributed by atoms with Crippen LogP contribution in [0.5, 0.6) is 0 Å². The van der Waals surface area contributed by atoms with E-state index < -0.39 is 14.0 Å². The average molecular weight is 284 g/mol. The van der Waals surface area contributed by atoms with Gasteiger partial charge in [-0.05, 0) is 11.1 Å². The summed E-state index contributed by atoms with van der Waals surface area (Å²) in [5.41, 5.74) is 1.22. The second-order valence-electron chi connectivity index (χ2n) is 5.65. The number of aliphatic carboxylic acids is 1. The molecule has 0 unspecified atom stereocenters. The zero-order chi connectivity index (χ0) is 14.6. The summed E-state index contributed by atoms with van der Waals surface area (Å²) in [5.74, 6) is -0.727. The molecule has 0 saturated carbocycles. The summed E-state index contributed by atoms with van der Waals surface area (Å²) in [4.78, 5) is 11.3. The van der Waals surface area contributed by atoms with E-state index in [1.165, 1.54) is 5.19 Å². The van der Waals surface area contributed by atoms with Crippen molar-refractivity contribution in [3.63, 3.8) is 0 Å². The molecule has 1 N–H and O–H groups in total. The maximum absolute atomic E-state index is 11.3. The van der Waals surface area contributed by atoms with Gasteiger partial charge in [0.05, 0.1) is 14.5 Å². The molecule has 0 fully saturated rings. The van der Waals surface area contributed by atoms with Crippen LogP contribution in [0, 0.1) is 0 Å². The predicted molar refractivity (Wildman–Crippen MR) is 85.0 cm³/mol. The zero-order valence-corrected chi connectivity index (χ0v) is 12.9. The van der Waals surface area contributed by atoms with Gasteiger partial charge in [0.25, 0.3) is 0 Å². The van der Waals surface area contributed by atoms with E-state index in [9.17, 15) is 9.90 Å². The number of benzene rings is 2. The highest BCUT2D eigenvalue weighted by atomic mass is 28.3. The van der Waals surface area contributed by atoms with E-state index in [1.807, 2.05) is 48.5 Å². The van der Waals surface area contributed by atoms with Crippen molar-refractivity contribution in [2.75, 3.05) is 0 Å². The Labute approximate surface area is 121 Å². The van der Waals surface area contributed by atoms with Crippen LogP contribution in [0.25, 0.3) is 0 Å². The molecule has 0 heterocycles. The van der Waals surface area contributed by atoms with Gasteiger partial charge in [-0.25, -0.2) is 0 Å². The number of carboxylic acid groups (broad SMARTS) is 1. The van der Waals surface area contributed by atoms with Gasteiger partial charge in [-0.3, -0.25) is 4.79 Å². The largest absolute Gasteiger partial charge is 0.481 e. The van der Waals surface area contributed by atoms with Gasteiger partial charge in [-0.1, -0.05) is 78.9 Å². The Kier molecular flexibility index (Phi) is 4.40. The van der Waals surface area contributed by atoms with Crippen molar-refractivity contribution in [2.24, 2.45) is 0 Å². The Morgan fingerprint density at radius 2 is 1.50 bits per heavy atom. The van der Waals surface area contributed by atoms with Gasteiger partial charge < -0.3 is 5.11 Å². The van der Waals surface area contributed by atoms with E-state index in [4.69, 9.17) is 0 Å². The molecule has 3 heteroatoms. The van der Waals surface area contributed by atoms with Crippen LogP contribution < -0.4 is 5.19 Å². The Morgan fingerprint density at radius 1 is 1.00 bits per heavy atom. The first kappa shape index (κ1) is 14.5. The lowest BCUT2D eigenvalue weighted by Crippen LogP contribution is -2.48. The summed E-state index contributed by atoms with van der Waals surface area (Å²) in [6, 6.07) is 20.4. The van der Waals surface area contributed by atoms with Gasteiger partial charge in [0.2, 0.25) is 0 Å². The molecule has 104 valence electrons. The van der Waals surface area contributed by atoms with Crippen LogP contribution in [0.4, 0.5) is 0 Å². The number of carbonyl (C=O) groups is 1. The third-order valence-electron chi connectivity index (χ3n) is 3.97. The maximum Gasteiger partial charge on any atom is 0.303 e. The monoisotopic (exact) mass is 284 g/mol. The smallest absolute Gasteiger partial charge is 0.303 e. The van der Waals surface area contributed by atoms with Crippen LogP contribution in [0.1, 0.15) is 17.5 Å². The maximum atomic E-state index is 11.3. The topological polar surface area (TPSA) is 37.3 Å². The van der Waals surface area contributed by atoms with E-state index in [1.54, 1.807) is 0 Å². The van der Waals surface area contributed by atoms with Gasteiger partial charge in [-0.15, -0.1) is 0 Å². The number of rotatable bonds is 5. The molecule has 0 aliphatic heterocycles. The highest BCUT2D eigenvalue weighted by Crippen LogP contribution is 2.30. The molecule has 0 amide bonds. The van der Waals surface area contributed by atoms with Crippen molar-refractivity contribution in [3.05, 3.63) is 66.2 Å². The Bertz CT molecular complexity index is 564. The van der Waals surface area contributed by atoms with E-state index >= 15 is 0 Å². The van der Waals surface area contributed by atoms with Gasteiger partial charge in [0, 0.05) is 0 Å². The van der Waals surface area contributed by atoms with E-state index in [0.29, 0.717) is 0 Å². The van der Waals surface area contributed by atoms with Crippen LogP contribution in [0.2, 0.25) is 13.1 Å². The fraction of sp³-hybridized carbons (Fsp3) is 0.235. The highest BCUT2D eigenvalue weighted by molar-refractivity contribution is 6.91. The number of hydrogen-bond acceptors (Lipinski definition) is 1. The molecule has 2 aromatic carbocycles. The lowest BCUT2D eigenvalue weighted by atomic mass is 10.1. The predicted octanol–water partition coefficient (Wildman–Crippen LogP) is 3.40. The summed E-state index contributed by atoms with van der Waals surface area (Å²) >= 11 is 0. The van der Waals surface area contributed by atoms with Gasteiger partial charge in [0.15, 0.2) is 0 Å². The molecule has 1 atom stereocenters. The van der Waals surface area contributed by atoms with E-state index in [2.05, 4.69) is 25.2 Å². The molecular formula is C17H20O2Si. The van der Waals surface area contributed by atoms with Crippen LogP contribution >= 0.6 is 0 Å². The Hall–Kier alpha value is -1.87. The molecule has 0 saturated heterocycles. The Balaban J connectivity index is 2.43. The molecule has 2 aromatic rings. The van der Waals surface area contributed by atoms with Crippen molar-refractivity contribution in [1.82, 2.24) is 0 Å². The molecule has 0 radical (unpaired) electrons. The fourth-order valence-electron chi connectivity index (χ4n) is 2.72. The van der Waals surface area contributed by atoms with Crippen LogP contribution in [-0.2, 0) is 4.79 Å². The van der Waals surface area contributed by atoms with Crippen molar-refractivity contribution >= 4 is 19.2 Å². The van der Waals surface area contributed by atoms with Gasteiger partial charge in [-0.2, -0.15) is 0 Å². The van der Waals surface area contributed by atoms with Crippen LogP contribution in [0.15, 0.2) is 60.7 Å². The molecule has 0 aliphatic carbocycles. The minimum absolute atomic E-state index is 0.0867.